The van der Waals surface area contributed by atoms with Gasteiger partial charge in [0.05, 0.1) is 18.5 Å². The molecule has 1 aromatic heterocycles. The molecule has 0 unspecified atom stereocenters. The van der Waals surface area contributed by atoms with Crippen LogP contribution in [-0.2, 0) is 4.74 Å². The summed E-state index contributed by atoms with van der Waals surface area (Å²) in [6, 6.07) is 3.61. The third kappa shape index (κ3) is 5.19. The molecule has 2 N–H and O–H groups in total. The molecule has 1 aromatic rings. The van der Waals surface area contributed by atoms with E-state index >= 15 is 0 Å². The van der Waals surface area contributed by atoms with Gasteiger partial charge in [-0.15, -0.1) is 0 Å². The largest absolute Gasteiger partial charge is 0.450 e. The number of carbonyl (C=O) groups excluding carboxylic acids is 1. The molecule has 1 heterocycles. The van der Waals surface area contributed by atoms with Gasteiger partial charge in [-0.2, -0.15) is 0 Å². The molecule has 0 aliphatic carbocycles. The fraction of sp³-hybridized carbons (Fsp3) is 0.500. The van der Waals surface area contributed by atoms with Crippen molar-refractivity contribution in [3.05, 3.63) is 18.3 Å². The Balaban J connectivity index is 2.47. The molecule has 0 aliphatic rings. The molecule has 1 rings (SSSR count). The van der Waals surface area contributed by atoms with E-state index in [0.717, 1.165) is 12.2 Å². The van der Waals surface area contributed by atoms with Gasteiger partial charge in [0.25, 0.3) is 0 Å². The SMILES string of the molecule is CCOC(=O)Nc1ccc(NCC(C)C)cn1. The Hall–Kier alpha value is -1.78. The molecular weight excluding hydrogens is 218 g/mol. The first-order valence-corrected chi connectivity index (χ1v) is 5.75. The van der Waals surface area contributed by atoms with E-state index in [1.54, 1.807) is 19.2 Å². The molecule has 0 bridgehead atoms. The summed E-state index contributed by atoms with van der Waals surface area (Å²) in [5, 5.41) is 5.78. The van der Waals surface area contributed by atoms with Gasteiger partial charge in [-0.1, -0.05) is 13.8 Å². The number of hydrogen-bond acceptors (Lipinski definition) is 4. The van der Waals surface area contributed by atoms with E-state index in [2.05, 4.69) is 29.5 Å². The molecule has 0 radical (unpaired) electrons. The Morgan fingerprint density at radius 3 is 2.76 bits per heavy atom. The van der Waals surface area contributed by atoms with Crippen molar-refractivity contribution in [2.45, 2.75) is 20.8 Å². The number of amides is 1. The minimum Gasteiger partial charge on any atom is -0.450 e. The molecule has 0 aliphatic heterocycles. The lowest BCUT2D eigenvalue weighted by molar-refractivity contribution is 0.168. The Kier molecular flexibility index (Phi) is 5.26. The number of rotatable bonds is 5. The first-order valence-electron chi connectivity index (χ1n) is 5.75. The maximum absolute atomic E-state index is 11.1. The smallest absolute Gasteiger partial charge is 0.412 e. The van der Waals surface area contributed by atoms with Gasteiger partial charge in [0.15, 0.2) is 0 Å². The molecule has 0 spiro atoms. The molecule has 1 amide bonds. The molecule has 0 saturated heterocycles. The zero-order valence-electron chi connectivity index (χ0n) is 10.5. The van der Waals surface area contributed by atoms with Crippen LogP contribution >= 0.6 is 0 Å². The molecule has 0 aromatic carbocycles. The molecule has 17 heavy (non-hydrogen) atoms. The third-order valence-corrected chi connectivity index (χ3v) is 1.98. The van der Waals surface area contributed by atoms with Crippen molar-refractivity contribution in [3.63, 3.8) is 0 Å². The van der Waals surface area contributed by atoms with Crippen LogP contribution in [-0.4, -0.2) is 24.2 Å². The van der Waals surface area contributed by atoms with Crippen LogP contribution in [0.3, 0.4) is 0 Å². The van der Waals surface area contributed by atoms with Crippen LogP contribution in [0.5, 0.6) is 0 Å². The summed E-state index contributed by atoms with van der Waals surface area (Å²) in [6.45, 7) is 7.27. The van der Waals surface area contributed by atoms with E-state index < -0.39 is 6.09 Å². The lowest BCUT2D eigenvalue weighted by Crippen LogP contribution is -2.14. The molecule has 5 heteroatoms. The molecule has 5 nitrogen and oxygen atoms in total. The number of ether oxygens (including phenoxy) is 1. The second-order valence-electron chi connectivity index (χ2n) is 4.05. The van der Waals surface area contributed by atoms with Gasteiger partial charge >= 0.3 is 6.09 Å². The molecule has 0 saturated carbocycles. The number of aromatic nitrogens is 1. The highest BCUT2D eigenvalue weighted by molar-refractivity contribution is 5.83. The Morgan fingerprint density at radius 1 is 1.47 bits per heavy atom. The zero-order valence-corrected chi connectivity index (χ0v) is 10.5. The lowest BCUT2D eigenvalue weighted by atomic mass is 10.2. The van der Waals surface area contributed by atoms with E-state index in [1.807, 2.05) is 6.07 Å². The van der Waals surface area contributed by atoms with Crippen LogP contribution in [0, 0.1) is 5.92 Å². The van der Waals surface area contributed by atoms with Crippen molar-refractivity contribution >= 4 is 17.6 Å². The Morgan fingerprint density at radius 2 is 2.24 bits per heavy atom. The van der Waals surface area contributed by atoms with Crippen LogP contribution in [0.25, 0.3) is 0 Å². The van der Waals surface area contributed by atoms with Crippen LogP contribution in [0.4, 0.5) is 16.3 Å². The second-order valence-corrected chi connectivity index (χ2v) is 4.05. The minimum atomic E-state index is -0.483. The average Bonchev–Trinajstić information content (AvgIpc) is 2.28. The van der Waals surface area contributed by atoms with Gasteiger partial charge in [-0.25, -0.2) is 9.78 Å². The molecule has 94 valence electrons. The van der Waals surface area contributed by atoms with Gasteiger partial charge in [0.1, 0.15) is 5.82 Å². The third-order valence-electron chi connectivity index (χ3n) is 1.98. The number of carbonyl (C=O) groups is 1. The van der Waals surface area contributed by atoms with Gasteiger partial charge < -0.3 is 10.1 Å². The van der Waals surface area contributed by atoms with Crippen molar-refractivity contribution in [2.24, 2.45) is 5.92 Å². The number of nitrogens with one attached hydrogen (secondary N) is 2. The summed E-state index contributed by atoms with van der Waals surface area (Å²) < 4.78 is 4.75. The van der Waals surface area contributed by atoms with Crippen molar-refractivity contribution in [2.75, 3.05) is 23.8 Å². The zero-order chi connectivity index (χ0) is 12.7. The number of pyridine rings is 1. The molecule has 0 atom stereocenters. The first-order chi connectivity index (χ1) is 8.11. The standard InChI is InChI=1S/C12H19N3O2/c1-4-17-12(16)15-11-6-5-10(8-14-11)13-7-9(2)3/h5-6,8-9,13H,4,7H2,1-3H3,(H,14,15,16). The van der Waals surface area contributed by atoms with E-state index in [0.29, 0.717) is 18.3 Å². The summed E-state index contributed by atoms with van der Waals surface area (Å²) >= 11 is 0. The lowest BCUT2D eigenvalue weighted by Gasteiger charge is -2.09. The van der Waals surface area contributed by atoms with Crippen LogP contribution < -0.4 is 10.6 Å². The van der Waals surface area contributed by atoms with Crippen LogP contribution in [0.2, 0.25) is 0 Å². The topological polar surface area (TPSA) is 63.2 Å². The van der Waals surface area contributed by atoms with Gasteiger partial charge in [-0.3, -0.25) is 5.32 Å². The number of nitrogens with zero attached hydrogens (tertiary/aromatic N) is 1. The predicted octanol–water partition coefficient (Wildman–Crippen LogP) is 2.72. The maximum atomic E-state index is 11.1. The normalized spacial score (nSPS) is 10.1. The summed E-state index contributed by atoms with van der Waals surface area (Å²) in [4.78, 5) is 15.2. The van der Waals surface area contributed by atoms with Crippen molar-refractivity contribution < 1.29 is 9.53 Å². The van der Waals surface area contributed by atoms with Gasteiger partial charge in [0, 0.05) is 6.54 Å². The highest BCUT2D eigenvalue weighted by Crippen LogP contribution is 2.10. The van der Waals surface area contributed by atoms with Crippen molar-refractivity contribution in [1.29, 1.82) is 0 Å². The average molecular weight is 237 g/mol. The van der Waals surface area contributed by atoms with E-state index in [9.17, 15) is 4.79 Å². The van der Waals surface area contributed by atoms with Gasteiger partial charge in [0.2, 0.25) is 0 Å². The quantitative estimate of drug-likeness (QED) is 0.826. The minimum absolute atomic E-state index is 0.347. The van der Waals surface area contributed by atoms with Crippen molar-refractivity contribution in [3.8, 4) is 0 Å². The fourth-order valence-corrected chi connectivity index (χ4v) is 1.17. The Labute approximate surface area is 102 Å². The summed E-state index contributed by atoms with van der Waals surface area (Å²) in [6.07, 6.45) is 1.20. The predicted molar refractivity (Wildman–Crippen MR) is 68.2 cm³/mol. The summed E-state index contributed by atoms with van der Waals surface area (Å²) in [7, 11) is 0. The van der Waals surface area contributed by atoms with Crippen molar-refractivity contribution in [1.82, 2.24) is 4.98 Å². The maximum Gasteiger partial charge on any atom is 0.412 e. The van der Waals surface area contributed by atoms with E-state index in [4.69, 9.17) is 4.74 Å². The van der Waals surface area contributed by atoms with Crippen LogP contribution in [0.15, 0.2) is 18.3 Å². The number of anilines is 2. The highest BCUT2D eigenvalue weighted by atomic mass is 16.5. The number of hydrogen-bond donors (Lipinski definition) is 2. The molecular formula is C12H19N3O2. The summed E-state index contributed by atoms with van der Waals surface area (Å²) in [5.74, 6) is 1.06. The van der Waals surface area contributed by atoms with E-state index in [1.165, 1.54) is 0 Å². The first kappa shape index (κ1) is 13.3. The fourth-order valence-electron chi connectivity index (χ4n) is 1.17. The van der Waals surface area contributed by atoms with Crippen LogP contribution in [0.1, 0.15) is 20.8 Å². The second kappa shape index (κ2) is 6.73. The Bertz CT molecular complexity index is 349. The summed E-state index contributed by atoms with van der Waals surface area (Å²) in [5.41, 5.74) is 0.938. The highest BCUT2D eigenvalue weighted by Gasteiger charge is 2.02. The van der Waals surface area contributed by atoms with Gasteiger partial charge in [-0.05, 0) is 25.0 Å². The molecule has 0 fully saturated rings. The van der Waals surface area contributed by atoms with E-state index in [-0.39, 0.29) is 0 Å². The monoisotopic (exact) mass is 237 g/mol.